The van der Waals surface area contributed by atoms with E-state index in [0.717, 1.165) is 16.7 Å². The molecule has 1 aliphatic rings. The molecule has 34 heavy (non-hydrogen) atoms. The van der Waals surface area contributed by atoms with Gasteiger partial charge >= 0.3 is 11.9 Å². The summed E-state index contributed by atoms with van der Waals surface area (Å²) in [5.41, 5.74) is -0.913. The largest absolute Gasteiger partial charge is 0.416 e. The molecule has 0 bridgehead atoms. The summed E-state index contributed by atoms with van der Waals surface area (Å²) in [7, 11) is 0. The van der Waals surface area contributed by atoms with Crippen molar-refractivity contribution in [3.63, 3.8) is 0 Å². The molecular weight excluding hydrogens is 455 g/mol. The van der Waals surface area contributed by atoms with Gasteiger partial charge in [-0.1, -0.05) is 24.3 Å². The lowest BCUT2D eigenvalue weighted by Crippen LogP contribution is -2.41. The molecule has 0 spiro atoms. The first kappa shape index (κ1) is 21.4. The maximum atomic E-state index is 13.2. The first-order chi connectivity index (χ1) is 16.1. The third-order valence-electron chi connectivity index (χ3n) is 5.61. The molecule has 0 saturated carbocycles. The van der Waals surface area contributed by atoms with Crippen LogP contribution in [0.3, 0.4) is 0 Å². The van der Waals surface area contributed by atoms with Crippen LogP contribution in [0.4, 0.5) is 18.9 Å². The highest BCUT2D eigenvalue weighted by atomic mass is 19.4. The van der Waals surface area contributed by atoms with Crippen molar-refractivity contribution in [2.45, 2.75) is 19.3 Å². The molecule has 0 saturated heterocycles. The van der Waals surface area contributed by atoms with Crippen LogP contribution in [0.2, 0.25) is 0 Å². The van der Waals surface area contributed by atoms with Crippen LogP contribution in [0.15, 0.2) is 70.5 Å². The van der Waals surface area contributed by atoms with Gasteiger partial charge in [0.1, 0.15) is 6.33 Å². The lowest BCUT2D eigenvalue weighted by Gasteiger charge is -2.20. The van der Waals surface area contributed by atoms with Gasteiger partial charge in [0.05, 0.1) is 22.7 Å². The van der Waals surface area contributed by atoms with Crippen molar-refractivity contribution < 1.29 is 18.1 Å². The lowest BCUT2D eigenvalue weighted by atomic mass is 10.1. The molecule has 0 amide bonds. The molecule has 0 N–H and O–H groups in total. The number of non-ortho nitro benzene ring substituents is 1. The molecule has 2 aromatic carbocycles. The van der Waals surface area contributed by atoms with Gasteiger partial charge in [0.15, 0.2) is 11.2 Å². The molecule has 9 nitrogen and oxygen atoms in total. The third-order valence-corrected chi connectivity index (χ3v) is 5.61. The number of imidazole rings is 1. The summed E-state index contributed by atoms with van der Waals surface area (Å²) in [6, 6.07) is 10.2. The van der Waals surface area contributed by atoms with Crippen LogP contribution >= 0.6 is 0 Å². The highest BCUT2D eigenvalue weighted by Gasteiger charge is 2.31. The molecule has 172 valence electrons. The molecule has 0 aliphatic carbocycles. The van der Waals surface area contributed by atoms with Gasteiger partial charge < -0.3 is 0 Å². The number of hydrogen-bond donors (Lipinski definition) is 0. The van der Waals surface area contributed by atoms with Crippen LogP contribution in [0.25, 0.3) is 16.9 Å². The second kappa shape index (κ2) is 7.54. The standard InChI is InChI=1S/C22H14F3N5O4/c23-22(24,25)15-3-1-2-14(10-15)17-8-9-27-19-18(26-12-29(17)19)20(31)28(21(27)32)11-13-4-6-16(7-5-13)30(33)34/h1-8,10,12H,9,11H2. The Kier molecular flexibility index (Phi) is 4.74. The molecule has 3 heterocycles. The predicted octanol–water partition coefficient (Wildman–Crippen LogP) is 3.24. The SMILES string of the molecule is O=c1c2ncn3c2n(c(=O)n1Cc1ccc([N+](=O)[O-])cc1)CC=C3c1cccc(C(F)(F)F)c1. The van der Waals surface area contributed by atoms with Crippen LogP contribution in [-0.4, -0.2) is 23.6 Å². The number of benzene rings is 2. The van der Waals surface area contributed by atoms with E-state index in [1.807, 2.05) is 0 Å². The Hall–Kier alpha value is -4.48. The van der Waals surface area contributed by atoms with Crippen molar-refractivity contribution in [2.24, 2.45) is 0 Å². The Morgan fingerprint density at radius 2 is 1.82 bits per heavy atom. The average molecular weight is 469 g/mol. The molecule has 1 aliphatic heterocycles. The zero-order chi connectivity index (χ0) is 24.2. The number of rotatable bonds is 4. The minimum atomic E-state index is -4.52. The van der Waals surface area contributed by atoms with Crippen LogP contribution < -0.4 is 11.2 Å². The second-order valence-corrected chi connectivity index (χ2v) is 7.66. The molecule has 0 atom stereocenters. The average Bonchev–Trinajstić information content (AvgIpc) is 3.26. The topological polar surface area (TPSA) is 105 Å². The highest BCUT2D eigenvalue weighted by Crippen LogP contribution is 2.32. The van der Waals surface area contributed by atoms with E-state index in [2.05, 4.69) is 4.98 Å². The summed E-state index contributed by atoms with van der Waals surface area (Å²) >= 11 is 0. The second-order valence-electron chi connectivity index (χ2n) is 7.66. The zero-order valence-electron chi connectivity index (χ0n) is 17.2. The number of alkyl halides is 3. The van der Waals surface area contributed by atoms with E-state index in [1.54, 1.807) is 6.08 Å². The molecular formula is C22H14F3N5O4. The molecule has 0 unspecified atom stereocenters. The van der Waals surface area contributed by atoms with E-state index in [1.165, 1.54) is 51.9 Å². The minimum Gasteiger partial charge on any atom is -0.284 e. The van der Waals surface area contributed by atoms with Crippen molar-refractivity contribution in [1.82, 2.24) is 18.7 Å². The van der Waals surface area contributed by atoms with Gasteiger partial charge in [0, 0.05) is 18.7 Å². The van der Waals surface area contributed by atoms with E-state index in [-0.39, 0.29) is 35.5 Å². The van der Waals surface area contributed by atoms with E-state index in [0.29, 0.717) is 11.3 Å². The summed E-state index contributed by atoms with van der Waals surface area (Å²) in [6.07, 6.45) is -1.63. The fourth-order valence-corrected chi connectivity index (χ4v) is 3.98. The Labute approximate surface area is 187 Å². The number of aromatic nitrogens is 4. The number of nitrogens with zero attached hydrogens (tertiary/aromatic N) is 5. The zero-order valence-corrected chi connectivity index (χ0v) is 17.2. The normalized spacial score (nSPS) is 13.2. The summed E-state index contributed by atoms with van der Waals surface area (Å²) in [4.78, 5) is 40.6. The predicted molar refractivity (Wildman–Crippen MR) is 115 cm³/mol. The van der Waals surface area contributed by atoms with Gasteiger partial charge in [-0.15, -0.1) is 0 Å². The third kappa shape index (κ3) is 3.39. The van der Waals surface area contributed by atoms with Crippen molar-refractivity contribution >= 4 is 22.5 Å². The number of halogens is 3. The molecule has 0 fully saturated rings. The molecule has 0 radical (unpaired) electrons. The van der Waals surface area contributed by atoms with Crippen LogP contribution in [0, 0.1) is 10.1 Å². The number of nitro groups is 1. The fraction of sp³-hybridized carbons (Fsp3) is 0.136. The fourth-order valence-electron chi connectivity index (χ4n) is 3.98. The first-order valence-electron chi connectivity index (χ1n) is 9.97. The molecule has 5 rings (SSSR count). The van der Waals surface area contributed by atoms with Gasteiger partial charge in [-0.3, -0.25) is 28.6 Å². The van der Waals surface area contributed by atoms with Crippen LogP contribution in [-0.2, 0) is 19.3 Å². The van der Waals surface area contributed by atoms with Gasteiger partial charge in [-0.2, -0.15) is 13.2 Å². The lowest BCUT2D eigenvalue weighted by molar-refractivity contribution is -0.384. The maximum Gasteiger partial charge on any atom is 0.416 e. The van der Waals surface area contributed by atoms with Crippen molar-refractivity contribution in [2.75, 3.05) is 0 Å². The van der Waals surface area contributed by atoms with Gasteiger partial charge in [0.2, 0.25) is 0 Å². The summed E-state index contributed by atoms with van der Waals surface area (Å²) < 4.78 is 43.2. The summed E-state index contributed by atoms with van der Waals surface area (Å²) in [5, 5.41) is 10.8. The summed E-state index contributed by atoms with van der Waals surface area (Å²) in [5.74, 6) is 0. The molecule has 2 aromatic heterocycles. The number of nitro benzene ring substituents is 1. The Balaban J connectivity index is 1.59. The van der Waals surface area contributed by atoms with Crippen molar-refractivity contribution in [3.05, 3.63) is 109 Å². The quantitative estimate of drug-likeness (QED) is 0.337. The maximum absolute atomic E-state index is 13.2. The van der Waals surface area contributed by atoms with E-state index < -0.39 is 27.9 Å². The minimum absolute atomic E-state index is 0.0147. The van der Waals surface area contributed by atoms with E-state index in [4.69, 9.17) is 0 Å². The number of allylic oxidation sites excluding steroid dienone is 1. The van der Waals surface area contributed by atoms with Gasteiger partial charge in [0.25, 0.3) is 11.2 Å². The van der Waals surface area contributed by atoms with E-state index in [9.17, 15) is 32.9 Å². The van der Waals surface area contributed by atoms with E-state index >= 15 is 0 Å². The van der Waals surface area contributed by atoms with Gasteiger partial charge in [-0.25, -0.2) is 9.78 Å². The van der Waals surface area contributed by atoms with Gasteiger partial charge in [-0.05, 0) is 29.3 Å². The Bertz CT molecular complexity index is 1610. The smallest absolute Gasteiger partial charge is 0.284 e. The van der Waals surface area contributed by atoms with Crippen molar-refractivity contribution in [3.8, 4) is 0 Å². The molecule has 12 heteroatoms. The number of hydrogen-bond acceptors (Lipinski definition) is 5. The Morgan fingerprint density at radius 3 is 2.50 bits per heavy atom. The van der Waals surface area contributed by atoms with Crippen LogP contribution in [0.1, 0.15) is 16.7 Å². The van der Waals surface area contributed by atoms with Crippen LogP contribution in [0.5, 0.6) is 0 Å². The molecule has 4 aromatic rings. The monoisotopic (exact) mass is 469 g/mol. The van der Waals surface area contributed by atoms with Crippen molar-refractivity contribution in [1.29, 1.82) is 0 Å². The summed E-state index contributed by atoms with van der Waals surface area (Å²) in [6.45, 7) is -0.101. The highest BCUT2D eigenvalue weighted by molar-refractivity contribution is 5.81. The Morgan fingerprint density at radius 1 is 1.09 bits per heavy atom. The first-order valence-corrected chi connectivity index (χ1v) is 9.97.